The van der Waals surface area contributed by atoms with Gasteiger partial charge in [0.15, 0.2) is 5.11 Å². The van der Waals surface area contributed by atoms with E-state index in [1.54, 1.807) is 18.3 Å². The number of rotatable bonds is 6. The second kappa shape index (κ2) is 9.36. The molecule has 34 heavy (non-hydrogen) atoms. The van der Waals surface area contributed by atoms with Gasteiger partial charge in [-0.15, -0.1) is 0 Å². The Morgan fingerprint density at radius 3 is 2.50 bits per heavy atom. The van der Waals surface area contributed by atoms with Gasteiger partial charge in [0.05, 0.1) is 17.8 Å². The predicted octanol–water partition coefficient (Wildman–Crippen LogP) is 4.19. The van der Waals surface area contributed by atoms with Crippen LogP contribution in [0.15, 0.2) is 97.3 Å². The van der Waals surface area contributed by atoms with Crippen molar-refractivity contribution in [2.45, 2.75) is 12.1 Å². The average Bonchev–Trinajstić information content (AvgIpc) is 3.45. The molecule has 1 saturated heterocycles. The molecular weight excluding hydrogens is 446 g/mol. The minimum Gasteiger partial charge on any atom is -0.508 e. The highest BCUT2D eigenvalue weighted by Gasteiger charge is 2.42. The van der Waals surface area contributed by atoms with Gasteiger partial charge in [-0.3, -0.25) is 9.78 Å². The molecule has 0 bridgehead atoms. The van der Waals surface area contributed by atoms with Crippen LogP contribution in [-0.4, -0.2) is 37.1 Å². The van der Waals surface area contributed by atoms with Gasteiger partial charge in [-0.1, -0.05) is 24.3 Å². The predicted molar refractivity (Wildman–Crippen MR) is 135 cm³/mol. The molecule has 2 atom stereocenters. The smallest absolute Gasteiger partial charge is 0.244 e. The van der Waals surface area contributed by atoms with E-state index in [-0.39, 0.29) is 30.3 Å². The Morgan fingerprint density at radius 1 is 1.00 bits per heavy atom. The second-order valence-corrected chi connectivity index (χ2v) is 8.37. The van der Waals surface area contributed by atoms with Crippen LogP contribution in [0.2, 0.25) is 0 Å². The van der Waals surface area contributed by atoms with Crippen LogP contribution in [0.5, 0.6) is 5.75 Å². The van der Waals surface area contributed by atoms with E-state index < -0.39 is 0 Å². The lowest BCUT2D eigenvalue weighted by molar-refractivity contribution is -0.116. The summed E-state index contributed by atoms with van der Waals surface area (Å²) in [6.45, 7) is 0.0789. The highest BCUT2D eigenvalue weighted by atomic mass is 32.1. The number of thiocarbonyl (C=S) groups is 1. The van der Waals surface area contributed by atoms with E-state index in [0.717, 1.165) is 22.8 Å². The van der Waals surface area contributed by atoms with Crippen LogP contribution in [0.25, 0.3) is 5.69 Å². The van der Waals surface area contributed by atoms with Gasteiger partial charge in [-0.2, -0.15) is 0 Å². The zero-order valence-electron chi connectivity index (χ0n) is 18.2. The molecule has 7 nitrogen and oxygen atoms in total. The van der Waals surface area contributed by atoms with Crippen molar-refractivity contribution in [2.75, 3.05) is 11.9 Å². The minimum atomic E-state index is -0.285. The lowest BCUT2D eigenvalue weighted by Crippen LogP contribution is -2.37. The molecule has 5 rings (SSSR count). The number of hydrogen-bond acceptors (Lipinski definition) is 4. The number of benzene rings is 2. The summed E-state index contributed by atoms with van der Waals surface area (Å²) in [6.07, 6.45) is 3.71. The summed E-state index contributed by atoms with van der Waals surface area (Å²) in [6, 6.07) is 25.6. The number of para-hydroxylation sites is 1. The number of aromatic hydroxyl groups is 1. The van der Waals surface area contributed by atoms with Crippen molar-refractivity contribution >= 4 is 28.9 Å². The van der Waals surface area contributed by atoms with Crippen LogP contribution < -0.4 is 10.6 Å². The molecule has 0 saturated carbocycles. The lowest BCUT2D eigenvalue weighted by Gasteiger charge is -2.28. The SMILES string of the molecule is O=C(CN1C(=S)N[C@@H](c2ccccn2)[C@H]1c1cccn1-c1ccc(O)cc1)Nc1ccccc1. The molecule has 2 aromatic heterocycles. The van der Waals surface area contributed by atoms with E-state index in [9.17, 15) is 9.90 Å². The molecule has 170 valence electrons. The van der Waals surface area contributed by atoms with E-state index in [1.165, 1.54) is 0 Å². The molecule has 0 unspecified atom stereocenters. The molecule has 2 aromatic carbocycles. The first-order chi connectivity index (χ1) is 16.6. The Kier molecular flexibility index (Phi) is 5.97. The Morgan fingerprint density at radius 2 is 1.76 bits per heavy atom. The van der Waals surface area contributed by atoms with E-state index in [2.05, 4.69) is 15.6 Å². The molecule has 0 spiro atoms. The van der Waals surface area contributed by atoms with Crippen LogP contribution >= 0.6 is 12.2 Å². The molecule has 1 aliphatic heterocycles. The minimum absolute atomic E-state index is 0.0789. The second-order valence-electron chi connectivity index (χ2n) is 7.99. The van der Waals surface area contributed by atoms with E-state index in [0.29, 0.717) is 5.11 Å². The van der Waals surface area contributed by atoms with Crippen LogP contribution in [0.3, 0.4) is 0 Å². The summed E-state index contributed by atoms with van der Waals surface area (Å²) in [5.74, 6) is 0.0384. The third-order valence-corrected chi connectivity index (χ3v) is 6.13. The van der Waals surface area contributed by atoms with Gasteiger partial charge < -0.3 is 25.2 Å². The van der Waals surface area contributed by atoms with E-state index in [4.69, 9.17) is 12.2 Å². The Labute approximate surface area is 202 Å². The van der Waals surface area contributed by atoms with Crippen LogP contribution in [0.1, 0.15) is 23.5 Å². The number of phenolic OH excluding ortho intramolecular Hbond substituents is 1. The van der Waals surface area contributed by atoms with Crippen LogP contribution in [0, 0.1) is 0 Å². The van der Waals surface area contributed by atoms with Crippen molar-refractivity contribution in [1.82, 2.24) is 19.8 Å². The number of nitrogens with zero attached hydrogens (tertiary/aromatic N) is 3. The Balaban J connectivity index is 1.51. The highest BCUT2D eigenvalue weighted by molar-refractivity contribution is 7.80. The van der Waals surface area contributed by atoms with Gasteiger partial charge in [-0.05, 0) is 72.9 Å². The fourth-order valence-corrected chi connectivity index (χ4v) is 4.56. The third kappa shape index (κ3) is 4.35. The van der Waals surface area contributed by atoms with Crippen molar-refractivity contribution < 1.29 is 9.90 Å². The number of carbonyl (C=O) groups is 1. The fourth-order valence-electron chi connectivity index (χ4n) is 4.26. The summed E-state index contributed by atoms with van der Waals surface area (Å²) in [5.41, 5.74) is 3.40. The summed E-state index contributed by atoms with van der Waals surface area (Å²) in [4.78, 5) is 19.4. The number of phenols is 1. The summed E-state index contributed by atoms with van der Waals surface area (Å²) in [5, 5.41) is 16.5. The quantitative estimate of drug-likeness (QED) is 0.368. The number of anilines is 1. The topological polar surface area (TPSA) is 82.4 Å². The number of pyridine rings is 1. The molecule has 1 aliphatic rings. The fraction of sp³-hybridized carbons (Fsp3) is 0.115. The Bertz CT molecular complexity index is 1290. The summed E-state index contributed by atoms with van der Waals surface area (Å²) < 4.78 is 2.04. The largest absolute Gasteiger partial charge is 0.508 e. The highest BCUT2D eigenvalue weighted by Crippen LogP contribution is 2.39. The number of amides is 1. The van der Waals surface area contributed by atoms with Gasteiger partial charge >= 0.3 is 0 Å². The molecule has 1 amide bonds. The first kappa shape index (κ1) is 21.7. The van der Waals surface area contributed by atoms with Crippen molar-refractivity contribution in [3.05, 3.63) is 109 Å². The number of carbonyl (C=O) groups excluding carboxylic acids is 1. The maximum atomic E-state index is 13.0. The number of nitrogens with one attached hydrogen (secondary N) is 2. The van der Waals surface area contributed by atoms with Crippen LogP contribution in [-0.2, 0) is 4.79 Å². The van der Waals surface area contributed by atoms with Crippen LogP contribution in [0.4, 0.5) is 5.69 Å². The van der Waals surface area contributed by atoms with Gasteiger partial charge in [-0.25, -0.2) is 0 Å². The Hall–Kier alpha value is -4.17. The van der Waals surface area contributed by atoms with Crippen molar-refractivity contribution in [2.24, 2.45) is 0 Å². The van der Waals surface area contributed by atoms with Gasteiger partial charge in [0.2, 0.25) is 5.91 Å². The van der Waals surface area contributed by atoms with Crippen molar-refractivity contribution in [3.63, 3.8) is 0 Å². The monoisotopic (exact) mass is 469 g/mol. The molecular formula is C26H23N5O2S. The van der Waals surface area contributed by atoms with Crippen molar-refractivity contribution in [1.29, 1.82) is 0 Å². The molecule has 1 fully saturated rings. The first-order valence-corrected chi connectivity index (χ1v) is 11.3. The zero-order chi connectivity index (χ0) is 23.5. The van der Waals surface area contributed by atoms with Crippen molar-refractivity contribution in [3.8, 4) is 11.4 Å². The summed E-state index contributed by atoms with van der Waals surface area (Å²) in [7, 11) is 0. The van der Waals surface area contributed by atoms with Gasteiger partial charge in [0, 0.05) is 29.5 Å². The standard InChI is InChI=1S/C26H23N5O2S/c32-20-13-11-19(12-14-20)30-16-6-10-22(30)25-24(21-9-4-5-15-27-21)29-26(34)31(25)17-23(33)28-18-7-2-1-3-8-18/h1-16,24-25,32H,17H2,(H,28,33)(H,29,34)/t24-,25+/m0/s1. The maximum Gasteiger partial charge on any atom is 0.244 e. The molecule has 8 heteroatoms. The molecule has 3 N–H and O–H groups in total. The van der Waals surface area contributed by atoms with E-state index in [1.807, 2.05) is 88.5 Å². The molecule has 0 aliphatic carbocycles. The lowest BCUT2D eigenvalue weighted by atomic mass is 10.0. The zero-order valence-corrected chi connectivity index (χ0v) is 19.0. The first-order valence-electron chi connectivity index (χ1n) is 10.9. The third-order valence-electron chi connectivity index (χ3n) is 5.78. The summed E-state index contributed by atoms with van der Waals surface area (Å²) >= 11 is 5.69. The van der Waals surface area contributed by atoms with Gasteiger partial charge in [0.1, 0.15) is 12.3 Å². The molecule has 3 heterocycles. The molecule has 4 aromatic rings. The van der Waals surface area contributed by atoms with E-state index >= 15 is 0 Å². The molecule has 0 radical (unpaired) electrons. The maximum absolute atomic E-state index is 13.0. The number of hydrogen-bond donors (Lipinski definition) is 3. The number of aromatic nitrogens is 2. The normalized spacial score (nSPS) is 17.4. The average molecular weight is 470 g/mol. The van der Waals surface area contributed by atoms with Gasteiger partial charge in [0.25, 0.3) is 0 Å².